The topological polar surface area (TPSA) is 116 Å². The van der Waals surface area contributed by atoms with Crippen molar-refractivity contribution in [3.63, 3.8) is 0 Å². The molecular formula is C16H13N5O3S. The number of anilines is 2. The summed E-state index contributed by atoms with van der Waals surface area (Å²) in [5, 5.41) is 17.0. The lowest BCUT2D eigenvalue weighted by Gasteiger charge is -2.05. The van der Waals surface area contributed by atoms with Crippen LogP contribution in [0.3, 0.4) is 0 Å². The van der Waals surface area contributed by atoms with Crippen molar-refractivity contribution in [1.82, 2.24) is 4.98 Å². The Morgan fingerprint density at radius 2 is 1.80 bits per heavy atom. The van der Waals surface area contributed by atoms with Gasteiger partial charge in [0.25, 0.3) is 5.69 Å². The Balaban J connectivity index is 1.58. The van der Waals surface area contributed by atoms with E-state index in [2.05, 4.69) is 15.5 Å². The molecule has 1 heterocycles. The number of hydrogen-bond acceptors (Lipinski definition) is 8. The highest BCUT2D eigenvalue weighted by molar-refractivity contribution is 7.14. The summed E-state index contributed by atoms with van der Waals surface area (Å²) < 4.78 is 5.64. The van der Waals surface area contributed by atoms with Gasteiger partial charge in [0.05, 0.1) is 11.1 Å². The highest BCUT2D eigenvalue weighted by atomic mass is 32.1. The summed E-state index contributed by atoms with van der Waals surface area (Å²) in [5.41, 5.74) is 9.21. The number of nitrogens with one attached hydrogen (secondary N) is 1. The number of nitro benzene ring substituents is 1. The molecule has 0 aliphatic rings. The lowest BCUT2D eigenvalue weighted by Crippen LogP contribution is -1.91. The van der Waals surface area contributed by atoms with Gasteiger partial charge in [0.15, 0.2) is 0 Å². The molecule has 3 aromatic rings. The first kappa shape index (κ1) is 16.4. The predicted octanol–water partition coefficient (Wildman–Crippen LogP) is 3.87. The number of nitrogen functional groups attached to an aromatic ring is 1. The first-order chi connectivity index (χ1) is 12.1. The van der Waals surface area contributed by atoms with Crippen LogP contribution in [-0.2, 0) is 0 Å². The molecule has 0 saturated carbocycles. The maximum Gasteiger partial charge on any atom is 0.269 e. The highest BCUT2D eigenvalue weighted by Crippen LogP contribution is 2.24. The Hall–Kier alpha value is -3.46. The van der Waals surface area contributed by atoms with Crippen LogP contribution in [0.5, 0.6) is 11.5 Å². The molecule has 1 aromatic heterocycles. The van der Waals surface area contributed by atoms with Crippen LogP contribution in [0.1, 0.15) is 5.56 Å². The number of aromatic nitrogens is 1. The minimum Gasteiger partial charge on any atom is -0.457 e. The number of ether oxygens (including phenoxy) is 1. The van der Waals surface area contributed by atoms with Gasteiger partial charge in [-0.1, -0.05) is 0 Å². The Labute approximate surface area is 146 Å². The zero-order valence-electron chi connectivity index (χ0n) is 12.8. The van der Waals surface area contributed by atoms with E-state index >= 15 is 0 Å². The predicted molar refractivity (Wildman–Crippen MR) is 97.4 cm³/mol. The summed E-state index contributed by atoms with van der Waals surface area (Å²) >= 11 is 1.37. The van der Waals surface area contributed by atoms with Crippen LogP contribution in [0.4, 0.5) is 16.6 Å². The molecule has 25 heavy (non-hydrogen) atoms. The van der Waals surface area contributed by atoms with Crippen LogP contribution in [0.2, 0.25) is 0 Å². The average molecular weight is 355 g/mol. The van der Waals surface area contributed by atoms with Gasteiger partial charge in [-0.25, -0.2) is 4.98 Å². The van der Waals surface area contributed by atoms with E-state index in [0.29, 0.717) is 22.4 Å². The minimum atomic E-state index is -0.452. The van der Waals surface area contributed by atoms with Crippen molar-refractivity contribution in [2.75, 3.05) is 11.2 Å². The molecule has 8 nitrogen and oxygen atoms in total. The fraction of sp³-hybridized carbons (Fsp3) is 0. The van der Waals surface area contributed by atoms with Gasteiger partial charge in [0.2, 0.25) is 5.13 Å². The number of nitrogens with zero attached hydrogens (tertiary/aromatic N) is 3. The molecule has 0 unspecified atom stereocenters. The Morgan fingerprint density at radius 3 is 2.36 bits per heavy atom. The monoisotopic (exact) mass is 355 g/mol. The molecule has 0 radical (unpaired) electrons. The molecule has 0 amide bonds. The number of rotatable bonds is 6. The van der Waals surface area contributed by atoms with Gasteiger partial charge in [-0.15, -0.1) is 11.3 Å². The summed E-state index contributed by atoms with van der Waals surface area (Å²) in [7, 11) is 0. The summed E-state index contributed by atoms with van der Waals surface area (Å²) in [6, 6.07) is 13.1. The van der Waals surface area contributed by atoms with E-state index in [0.717, 1.165) is 5.56 Å². The lowest BCUT2D eigenvalue weighted by atomic mass is 10.2. The van der Waals surface area contributed by atoms with Gasteiger partial charge in [0, 0.05) is 17.5 Å². The maximum absolute atomic E-state index is 10.6. The quantitative estimate of drug-likeness (QED) is 0.394. The average Bonchev–Trinajstić information content (AvgIpc) is 3.02. The number of thiazole rings is 1. The lowest BCUT2D eigenvalue weighted by molar-refractivity contribution is -0.384. The number of non-ortho nitro benzene ring substituents is 1. The van der Waals surface area contributed by atoms with E-state index in [9.17, 15) is 10.1 Å². The molecule has 0 aliphatic carbocycles. The molecule has 126 valence electrons. The van der Waals surface area contributed by atoms with E-state index in [-0.39, 0.29) is 5.69 Å². The largest absolute Gasteiger partial charge is 0.457 e. The number of hydrogen-bond donors (Lipinski definition) is 2. The molecule has 0 bridgehead atoms. The van der Waals surface area contributed by atoms with Crippen LogP contribution >= 0.6 is 11.3 Å². The van der Waals surface area contributed by atoms with Gasteiger partial charge in [-0.2, -0.15) is 5.10 Å². The SMILES string of the molecule is Nc1csc(NN=Cc2ccc(Oc3ccc([N+](=O)[O-])cc3)cc2)n1. The second-order valence-electron chi connectivity index (χ2n) is 4.87. The van der Waals surface area contributed by atoms with E-state index in [1.54, 1.807) is 35.9 Å². The smallest absolute Gasteiger partial charge is 0.269 e. The van der Waals surface area contributed by atoms with E-state index in [1.165, 1.54) is 23.5 Å². The van der Waals surface area contributed by atoms with Crippen LogP contribution in [-0.4, -0.2) is 16.1 Å². The summed E-state index contributed by atoms with van der Waals surface area (Å²) in [4.78, 5) is 14.2. The summed E-state index contributed by atoms with van der Waals surface area (Å²) in [6.07, 6.45) is 1.65. The molecule has 0 saturated heterocycles. The van der Waals surface area contributed by atoms with Gasteiger partial charge < -0.3 is 10.5 Å². The fourth-order valence-electron chi connectivity index (χ4n) is 1.89. The maximum atomic E-state index is 10.6. The molecule has 0 spiro atoms. The zero-order chi connectivity index (χ0) is 17.6. The molecule has 3 N–H and O–H groups in total. The summed E-state index contributed by atoms with van der Waals surface area (Å²) in [5.74, 6) is 1.59. The van der Waals surface area contributed by atoms with Gasteiger partial charge in [-0.05, 0) is 42.0 Å². The van der Waals surface area contributed by atoms with E-state index < -0.39 is 4.92 Å². The van der Waals surface area contributed by atoms with Gasteiger partial charge in [-0.3, -0.25) is 15.5 Å². The summed E-state index contributed by atoms with van der Waals surface area (Å²) in [6.45, 7) is 0. The third kappa shape index (κ3) is 4.52. The third-order valence-corrected chi connectivity index (χ3v) is 3.82. The van der Waals surface area contributed by atoms with Crippen LogP contribution in [0.25, 0.3) is 0 Å². The first-order valence-electron chi connectivity index (χ1n) is 7.12. The molecule has 9 heteroatoms. The normalized spacial score (nSPS) is 10.7. The molecule has 0 aliphatic heterocycles. The molecule has 2 aromatic carbocycles. The van der Waals surface area contributed by atoms with Crippen molar-refractivity contribution >= 4 is 34.2 Å². The number of nitro groups is 1. The molecule has 3 rings (SSSR count). The van der Waals surface area contributed by atoms with Crippen molar-refractivity contribution in [1.29, 1.82) is 0 Å². The highest BCUT2D eigenvalue weighted by Gasteiger charge is 2.05. The number of hydrazone groups is 1. The van der Waals surface area contributed by atoms with Crippen LogP contribution in [0, 0.1) is 10.1 Å². The van der Waals surface area contributed by atoms with Gasteiger partial charge in [0.1, 0.15) is 17.3 Å². The number of benzene rings is 2. The molecule has 0 fully saturated rings. The Bertz CT molecular complexity index is 891. The second-order valence-corrected chi connectivity index (χ2v) is 5.73. The van der Waals surface area contributed by atoms with Crippen molar-refractivity contribution in [2.45, 2.75) is 0 Å². The van der Waals surface area contributed by atoms with Crippen molar-refractivity contribution in [3.05, 3.63) is 69.6 Å². The van der Waals surface area contributed by atoms with E-state index in [1.807, 2.05) is 12.1 Å². The standard InChI is InChI=1S/C16H13N5O3S/c17-15-10-25-16(19-15)20-18-9-11-1-5-13(6-2-11)24-14-7-3-12(4-8-14)21(22)23/h1-10H,17H2,(H,19,20). The first-order valence-corrected chi connectivity index (χ1v) is 8.00. The van der Waals surface area contributed by atoms with E-state index in [4.69, 9.17) is 10.5 Å². The van der Waals surface area contributed by atoms with Crippen molar-refractivity contribution in [2.24, 2.45) is 5.10 Å². The molecular weight excluding hydrogens is 342 g/mol. The van der Waals surface area contributed by atoms with Crippen LogP contribution < -0.4 is 15.9 Å². The van der Waals surface area contributed by atoms with Crippen molar-refractivity contribution < 1.29 is 9.66 Å². The fourth-order valence-corrected chi connectivity index (χ4v) is 2.44. The minimum absolute atomic E-state index is 0.0217. The zero-order valence-corrected chi connectivity index (χ0v) is 13.6. The second kappa shape index (κ2) is 7.41. The molecule has 0 atom stereocenters. The third-order valence-electron chi connectivity index (χ3n) is 3.06. The van der Waals surface area contributed by atoms with Crippen LogP contribution in [0.15, 0.2) is 59.0 Å². The number of nitrogens with two attached hydrogens (primary N) is 1. The Kier molecular flexibility index (Phi) is 4.86. The van der Waals surface area contributed by atoms with Crippen molar-refractivity contribution in [3.8, 4) is 11.5 Å². The van der Waals surface area contributed by atoms with Gasteiger partial charge >= 0.3 is 0 Å². The Morgan fingerprint density at radius 1 is 1.16 bits per heavy atom.